The van der Waals surface area contributed by atoms with Crippen molar-refractivity contribution in [3.63, 3.8) is 0 Å². The maximum Gasteiger partial charge on any atom is 0.338 e. The van der Waals surface area contributed by atoms with Crippen molar-refractivity contribution < 1.29 is 14.3 Å². The highest BCUT2D eigenvalue weighted by Gasteiger charge is 2.20. The molecule has 1 amide bonds. The van der Waals surface area contributed by atoms with E-state index in [1.54, 1.807) is 36.7 Å². The number of pyridine rings is 1. The van der Waals surface area contributed by atoms with E-state index in [0.717, 1.165) is 21.2 Å². The second-order valence-electron chi connectivity index (χ2n) is 7.11. The average molecular weight is 466 g/mol. The number of ether oxygens (including phenoxy) is 1. The number of rotatable bonds is 7. The molecule has 6 nitrogen and oxygen atoms in total. The van der Waals surface area contributed by atoms with Crippen LogP contribution in [0.25, 0.3) is 10.1 Å². The van der Waals surface area contributed by atoms with Gasteiger partial charge in [-0.05, 0) is 29.3 Å². The zero-order valence-corrected chi connectivity index (χ0v) is 18.5. The van der Waals surface area contributed by atoms with Crippen LogP contribution in [0.5, 0.6) is 0 Å². The van der Waals surface area contributed by atoms with Crippen molar-refractivity contribution in [2.75, 3.05) is 11.9 Å². The molecule has 1 atom stereocenters. The lowest BCUT2D eigenvalue weighted by Gasteiger charge is -2.15. The number of nitrogens with zero attached hydrogens (tertiary/aromatic N) is 1. The first-order valence-electron chi connectivity index (χ1n) is 9.90. The minimum absolute atomic E-state index is 0.143. The van der Waals surface area contributed by atoms with Gasteiger partial charge < -0.3 is 15.8 Å². The fourth-order valence-electron chi connectivity index (χ4n) is 3.24. The van der Waals surface area contributed by atoms with Crippen LogP contribution in [0.4, 0.5) is 5.00 Å². The van der Waals surface area contributed by atoms with Crippen molar-refractivity contribution in [1.82, 2.24) is 4.98 Å². The Bertz CT molecular complexity index is 1240. The molecule has 8 heteroatoms. The van der Waals surface area contributed by atoms with E-state index in [1.807, 2.05) is 36.4 Å². The maximum atomic E-state index is 12.9. The second kappa shape index (κ2) is 9.91. The molecule has 1 unspecified atom stereocenters. The molecule has 2 heterocycles. The van der Waals surface area contributed by atoms with Gasteiger partial charge in [0.15, 0.2) is 0 Å². The molecule has 0 aliphatic heterocycles. The minimum Gasteiger partial charge on any atom is -0.457 e. The number of nitrogens with two attached hydrogens (primary N) is 1. The van der Waals surface area contributed by atoms with Crippen LogP contribution in [0.3, 0.4) is 0 Å². The highest BCUT2D eigenvalue weighted by molar-refractivity contribution is 7.23. The third kappa shape index (κ3) is 4.96. The summed E-state index contributed by atoms with van der Waals surface area (Å²) < 4.78 is 6.24. The summed E-state index contributed by atoms with van der Waals surface area (Å²) in [6.07, 6.45) is 3.29. The number of anilines is 1. The summed E-state index contributed by atoms with van der Waals surface area (Å²) in [5, 5.41) is 5.00. The quantitative estimate of drug-likeness (QED) is 0.375. The smallest absolute Gasteiger partial charge is 0.338 e. The number of benzene rings is 2. The van der Waals surface area contributed by atoms with Crippen molar-refractivity contribution in [3.05, 3.63) is 94.8 Å². The van der Waals surface area contributed by atoms with Crippen LogP contribution in [-0.2, 0) is 16.1 Å². The topological polar surface area (TPSA) is 94.3 Å². The number of carbonyl (C=O) groups is 2. The summed E-state index contributed by atoms with van der Waals surface area (Å²) in [5.41, 5.74) is 8.01. The summed E-state index contributed by atoms with van der Waals surface area (Å²) >= 11 is 7.57. The molecule has 32 heavy (non-hydrogen) atoms. The summed E-state index contributed by atoms with van der Waals surface area (Å²) in [4.78, 5) is 29.0. The van der Waals surface area contributed by atoms with E-state index in [4.69, 9.17) is 22.1 Å². The molecule has 0 fully saturated rings. The van der Waals surface area contributed by atoms with Gasteiger partial charge in [0.05, 0.1) is 26.2 Å². The van der Waals surface area contributed by atoms with Crippen LogP contribution >= 0.6 is 22.9 Å². The van der Waals surface area contributed by atoms with Gasteiger partial charge in [0.25, 0.3) is 0 Å². The number of nitrogens with one attached hydrogen (secondary N) is 1. The third-order valence-electron chi connectivity index (χ3n) is 4.96. The number of aromatic nitrogens is 1. The molecule has 0 aliphatic carbocycles. The van der Waals surface area contributed by atoms with Crippen LogP contribution in [0.15, 0.2) is 73.1 Å². The van der Waals surface area contributed by atoms with E-state index in [-0.39, 0.29) is 25.0 Å². The standard InChI is InChI=1S/C24H20ClN3O3S/c25-20-12-27-13-21-18(20)10-22(32-21)28-23(29)19(11-26)16-8-6-15(7-9-16)14-31-24(30)17-4-2-1-3-5-17/h1-10,12-13,19H,11,14,26H2,(H,28,29). The Hall–Kier alpha value is -3.26. The molecule has 0 saturated carbocycles. The number of thiophene rings is 1. The summed E-state index contributed by atoms with van der Waals surface area (Å²) in [7, 11) is 0. The number of esters is 1. The number of halogens is 1. The van der Waals surface area contributed by atoms with E-state index in [9.17, 15) is 9.59 Å². The number of fused-ring (bicyclic) bond motifs is 1. The molecule has 2 aromatic heterocycles. The number of carbonyl (C=O) groups excluding carboxylic acids is 2. The first kappa shape index (κ1) is 22.0. The van der Waals surface area contributed by atoms with Crippen LogP contribution in [0.1, 0.15) is 27.4 Å². The minimum atomic E-state index is -0.519. The normalized spacial score (nSPS) is 11.8. The lowest BCUT2D eigenvalue weighted by molar-refractivity contribution is -0.117. The molecule has 0 bridgehead atoms. The predicted molar refractivity (Wildman–Crippen MR) is 127 cm³/mol. The molecule has 3 N–H and O–H groups in total. The largest absolute Gasteiger partial charge is 0.457 e. The van der Waals surface area contributed by atoms with E-state index < -0.39 is 5.92 Å². The average Bonchev–Trinajstić information content (AvgIpc) is 3.23. The lowest BCUT2D eigenvalue weighted by atomic mass is 9.97. The summed E-state index contributed by atoms with van der Waals surface area (Å²) in [6, 6.07) is 18.0. The van der Waals surface area contributed by atoms with E-state index in [2.05, 4.69) is 10.3 Å². The Morgan fingerprint density at radius 1 is 1.09 bits per heavy atom. The molecular formula is C24H20ClN3O3S. The van der Waals surface area contributed by atoms with Crippen LogP contribution in [0.2, 0.25) is 5.02 Å². The summed E-state index contributed by atoms with van der Waals surface area (Å²) in [6.45, 7) is 0.297. The maximum absolute atomic E-state index is 12.9. The highest BCUT2D eigenvalue weighted by Crippen LogP contribution is 2.34. The van der Waals surface area contributed by atoms with Gasteiger partial charge >= 0.3 is 5.97 Å². The third-order valence-corrected chi connectivity index (χ3v) is 6.24. The molecule has 0 radical (unpaired) electrons. The fraction of sp³-hybridized carbons (Fsp3) is 0.125. The van der Waals surface area contributed by atoms with Gasteiger partial charge in [-0.15, -0.1) is 11.3 Å². The molecule has 0 saturated heterocycles. The van der Waals surface area contributed by atoms with E-state index in [1.165, 1.54) is 11.3 Å². The molecule has 0 spiro atoms. The van der Waals surface area contributed by atoms with Gasteiger partial charge in [0.2, 0.25) is 5.91 Å². The number of hydrogen-bond donors (Lipinski definition) is 2. The molecule has 2 aromatic carbocycles. The van der Waals surface area contributed by atoms with Crippen LogP contribution < -0.4 is 11.1 Å². The van der Waals surface area contributed by atoms with Gasteiger partial charge in [-0.25, -0.2) is 4.79 Å². The van der Waals surface area contributed by atoms with Gasteiger partial charge in [0.1, 0.15) is 6.61 Å². The predicted octanol–water partition coefficient (Wildman–Crippen LogP) is 4.99. The Kier molecular flexibility index (Phi) is 6.80. The van der Waals surface area contributed by atoms with E-state index in [0.29, 0.717) is 15.6 Å². The molecule has 4 rings (SSSR count). The highest BCUT2D eigenvalue weighted by atomic mass is 35.5. The van der Waals surface area contributed by atoms with Crippen LogP contribution in [-0.4, -0.2) is 23.4 Å². The van der Waals surface area contributed by atoms with Crippen molar-refractivity contribution in [1.29, 1.82) is 0 Å². The van der Waals surface area contributed by atoms with Crippen LogP contribution in [0, 0.1) is 0 Å². The van der Waals surface area contributed by atoms with Crippen molar-refractivity contribution in [3.8, 4) is 0 Å². The SMILES string of the molecule is NCC(C(=O)Nc1cc2c(Cl)cncc2s1)c1ccc(COC(=O)c2ccccc2)cc1. The Morgan fingerprint density at radius 2 is 1.84 bits per heavy atom. The number of amides is 1. The molecular weight excluding hydrogens is 446 g/mol. The monoisotopic (exact) mass is 465 g/mol. The van der Waals surface area contributed by atoms with Gasteiger partial charge in [-0.1, -0.05) is 54.1 Å². The van der Waals surface area contributed by atoms with Crippen molar-refractivity contribution >= 4 is 49.9 Å². The zero-order chi connectivity index (χ0) is 22.5. The van der Waals surface area contributed by atoms with Gasteiger partial charge in [0, 0.05) is 24.3 Å². The Balaban J connectivity index is 1.40. The Morgan fingerprint density at radius 3 is 2.53 bits per heavy atom. The van der Waals surface area contributed by atoms with E-state index >= 15 is 0 Å². The zero-order valence-electron chi connectivity index (χ0n) is 17.0. The molecule has 0 aliphatic rings. The Labute approximate surface area is 194 Å². The van der Waals surface area contributed by atoms with Gasteiger partial charge in [-0.2, -0.15) is 0 Å². The van der Waals surface area contributed by atoms with Gasteiger partial charge in [-0.3, -0.25) is 9.78 Å². The molecule has 162 valence electrons. The lowest BCUT2D eigenvalue weighted by Crippen LogP contribution is -2.27. The molecule has 4 aromatic rings. The second-order valence-corrected chi connectivity index (χ2v) is 8.60. The first-order chi connectivity index (χ1) is 15.5. The fourth-order valence-corrected chi connectivity index (χ4v) is 4.47. The number of hydrogen-bond acceptors (Lipinski definition) is 6. The first-order valence-corrected chi connectivity index (χ1v) is 11.1. The van der Waals surface area contributed by atoms with Crippen molar-refractivity contribution in [2.24, 2.45) is 5.73 Å². The van der Waals surface area contributed by atoms with Crippen molar-refractivity contribution in [2.45, 2.75) is 12.5 Å². The summed E-state index contributed by atoms with van der Waals surface area (Å²) in [5.74, 6) is -1.10.